The number of rotatable bonds is 2. The lowest BCUT2D eigenvalue weighted by Crippen LogP contribution is -2.59. The first-order chi connectivity index (χ1) is 6.11. The normalized spacial score (nSPS) is 46.4. The molecule has 0 radical (unpaired) electrons. The van der Waals surface area contributed by atoms with E-state index >= 15 is 0 Å². The van der Waals surface area contributed by atoms with E-state index < -0.39 is 37.3 Å². The first-order valence-electron chi connectivity index (χ1n) is 3.95. The molecule has 0 spiro atoms. The molecule has 13 heavy (non-hydrogen) atoms. The second-order valence-electron chi connectivity index (χ2n) is 2.93. The number of hydrogen-bond donors (Lipinski definition) is 4. The molecule has 0 aromatic carbocycles. The summed E-state index contributed by atoms with van der Waals surface area (Å²) in [6, 6.07) is 0. The third-order valence-electron chi connectivity index (χ3n) is 2.11. The lowest BCUT2D eigenvalue weighted by atomic mass is 9.99. The fourth-order valence-electron chi connectivity index (χ4n) is 1.33. The summed E-state index contributed by atoms with van der Waals surface area (Å²) >= 11 is 0. The molecule has 0 amide bonds. The van der Waals surface area contributed by atoms with Gasteiger partial charge in [0.25, 0.3) is 0 Å². The average molecular weight is 194 g/mol. The highest BCUT2D eigenvalue weighted by molar-refractivity contribution is 4.88. The van der Waals surface area contributed by atoms with Crippen molar-refractivity contribution in [3.05, 3.63) is 0 Å². The van der Waals surface area contributed by atoms with Crippen molar-refractivity contribution in [1.82, 2.24) is 0 Å². The Morgan fingerprint density at radius 3 is 2.31 bits per heavy atom. The molecule has 0 aliphatic carbocycles. The summed E-state index contributed by atoms with van der Waals surface area (Å²) in [6.45, 7) is -0.467. The van der Waals surface area contributed by atoms with E-state index in [-0.39, 0.29) is 0 Å². The van der Waals surface area contributed by atoms with Gasteiger partial charge < -0.3 is 29.9 Å². The molecule has 4 unspecified atom stereocenters. The first kappa shape index (κ1) is 10.8. The van der Waals surface area contributed by atoms with Crippen molar-refractivity contribution in [2.75, 3.05) is 13.7 Å². The van der Waals surface area contributed by atoms with Gasteiger partial charge in [0.2, 0.25) is 0 Å². The van der Waals surface area contributed by atoms with Crippen molar-refractivity contribution >= 4 is 0 Å². The van der Waals surface area contributed by atoms with Crippen molar-refractivity contribution in [2.24, 2.45) is 0 Å². The summed E-state index contributed by atoms with van der Waals surface area (Å²) in [5.74, 6) is 0. The molecule has 1 fully saturated rings. The van der Waals surface area contributed by atoms with Crippen LogP contribution in [0.3, 0.4) is 0 Å². The van der Waals surface area contributed by atoms with Gasteiger partial charge in [-0.05, 0) is 0 Å². The van der Waals surface area contributed by atoms with Crippen LogP contribution in [-0.4, -0.2) is 64.8 Å². The van der Waals surface area contributed by atoms with Crippen LogP contribution in [0.25, 0.3) is 0 Å². The number of ether oxygens (including phenoxy) is 2. The molecule has 5 atom stereocenters. The van der Waals surface area contributed by atoms with E-state index in [0.29, 0.717) is 0 Å². The number of aliphatic hydroxyl groups is 4. The summed E-state index contributed by atoms with van der Waals surface area (Å²) in [7, 11) is 1.28. The van der Waals surface area contributed by atoms with Crippen molar-refractivity contribution in [2.45, 2.75) is 30.7 Å². The lowest BCUT2D eigenvalue weighted by molar-refractivity contribution is -0.291. The second-order valence-corrected chi connectivity index (χ2v) is 2.93. The zero-order valence-electron chi connectivity index (χ0n) is 7.20. The number of hydrogen-bond acceptors (Lipinski definition) is 6. The molecule has 6 nitrogen and oxygen atoms in total. The van der Waals surface area contributed by atoms with Gasteiger partial charge in [-0.25, -0.2) is 0 Å². The van der Waals surface area contributed by atoms with E-state index in [1.54, 1.807) is 0 Å². The van der Waals surface area contributed by atoms with E-state index in [2.05, 4.69) is 0 Å². The Kier molecular flexibility index (Phi) is 3.60. The van der Waals surface area contributed by atoms with E-state index in [9.17, 15) is 15.3 Å². The zero-order valence-corrected chi connectivity index (χ0v) is 7.20. The summed E-state index contributed by atoms with van der Waals surface area (Å²) in [6.07, 6.45) is -5.81. The fourth-order valence-corrected chi connectivity index (χ4v) is 1.33. The molecule has 78 valence electrons. The fraction of sp³-hybridized carbons (Fsp3) is 1.00. The van der Waals surface area contributed by atoms with Crippen molar-refractivity contribution in [3.63, 3.8) is 0 Å². The van der Waals surface area contributed by atoms with Gasteiger partial charge >= 0.3 is 0 Å². The molecule has 6 heteroatoms. The van der Waals surface area contributed by atoms with Gasteiger partial charge in [-0.1, -0.05) is 0 Å². The third-order valence-corrected chi connectivity index (χ3v) is 2.11. The molecule has 1 saturated heterocycles. The van der Waals surface area contributed by atoms with Crippen LogP contribution in [0.4, 0.5) is 0 Å². The SMILES string of the molecule is CO[C@@H]1C(O)OC(CO)C(O)C1O. The minimum atomic E-state index is -1.33. The number of aliphatic hydroxyl groups excluding tert-OH is 4. The monoisotopic (exact) mass is 194 g/mol. The zero-order chi connectivity index (χ0) is 10.0. The maximum Gasteiger partial charge on any atom is 0.184 e. The highest BCUT2D eigenvalue weighted by Gasteiger charge is 2.43. The molecule has 0 bridgehead atoms. The van der Waals surface area contributed by atoms with E-state index in [4.69, 9.17) is 14.6 Å². The van der Waals surface area contributed by atoms with Crippen LogP contribution in [-0.2, 0) is 9.47 Å². The van der Waals surface area contributed by atoms with Gasteiger partial charge in [0.05, 0.1) is 6.61 Å². The molecular weight excluding hydrogens is 180 g/mol. The topological polar surface area (TPSA) is 99.4 Å². The summed E-state index contributed by atoms with van der Waals surface area (Å²) in [4.78, 5) is 0. The van der Waals surface area contributed by atoms with Gasteiger partial charge in [0.1, 0.15) is 24.4 Å². The van der Waals surface area contributed by atoms with E-state index in [1.807, 2.05) is 0 Å². The Labute approximate surface area is 75.3 Å². The molecule has 1 aliphatic heterocycles. The highest BCUT2D eigenvalue weighted by atomic mass is 16.7. The molecule has 1 heterocycles. The van der Waals surface area contributed by atoms with Crippen LogP contribution in [0.15, 0.2) is 0 Å². The Morgan fingerprint density at radius 2 is 1.85 bits per heavy atom. The van der Waals surface area contributed by atoms with Crippen molar-refractivity contribution in [1.29, 1.82) is 0 Å². The maximum atomic E-state index is 9.38. The van der Waals surface area contributed by atoms with Crippen LogP contribution in [0.5, 0.6) is 0 Å². The van der Waals surface area contributed by atoms with Crippen molar-refractivity contribution < 1.29 is 29.9 Å². The molecular formula is C7H14O6. The van der Waals surface area contributed by atoms with Crippen LogP contribution >= 0.6 is 0 Å². The molecule has 4 N–H and O–H groups in total. The third kappa shape index (κ3) is 1.98. The molecule has 0 aromatic heterocycles. The molecule has 1 rings (SSSR count). The Hall–Kier alpha value is -0.240. The number of methoxy groups -OCH3 is 1. The summed E-state index contributed by atoms with van der Waals surface area (Å²) < 4.78 is 9.50. The predicted octanol–water partition coefficient (Wildman–Crippen LogP) is -2.57. The quantitative estimate of drug-likeness (QED) is 0.386. The minimum absolute atomic E-state index is 0.467. The summed E-state index contributed by atoms with van der Waals surface area (Å²) in [5.41, 5.74) is 0. The molecule has 0 aromatic rings. The molecule has 0 saturated carbocycles. The standard InChI is InChI=1S/C7H14O6/c1-12-6-5(10)4(9)3(2-8)13-7(6)11/h3-11H,2H2,1H3/t3?,4?,5?,6-,7?/m0/s1. The second kappa shape index (κ2) is 4.32. The highest BCUT2D eigenvalue weighted by Crippen LogP contribution is 2.21. The first-order valence-corrected chi connectivity index (χ1v) is 3.95. The Bertz CT molecular complexity index is 163. The van der Waals surface area contributed by atoms with Crippen LogP contribution in [0.2, 0.25) is 0 Å². The van der Waals surface area contributed by atoms with Gasteiger partial charge in [-0.3, -0.25) is 0 Å². The average Bonchev–Trinajstić information content (AvgIpc) is 2.12. The van der Waals surface area contributed by atoms with Gasteiger partial charge in [-0.15, -0.1) is 0 Å². The van der Waals surface area contributed by atoms with Gasteiger partial charge in [0, 0.05) is 7.11 Å². The van der Waals surface area contributed by atoms with Gasteiger partial charge in [0.15, 0.2) is 6.29 Å². The Morgan fingerprint density at radius 1 is 1.23 bits per heavy atom. The lowest BCUT2D eigenvalue weighted by Gasteiger charge is -2.39. The van der Waals surface area contributed by atoms with Crippen molar-refractivity contribution in [3.8, 4) is 0 Å². The predicted molar refractivity (Wildman–Crippen MR) is 40.8 cm³/mol. The van der Waals surface area contributed by atoms with Crippen LogP contribution in [0.1, 0.15) is 0 Å². The molecule has 1 aliphatic rings. The maximum absolute atomic E-state index is 9.38. The van der Waals surface area contributed by atoms with Gasteiger partial charge in [-0.2, -0.15) is 0 Å². The van der Waals surface area contributed by atoms with E-state index in [0.717, 1.165) is 0 Å². The smallest absolute Gasteiger partial charge is 0.184 e. The largest absolute Gasteiger partial charge is 0.394 e. The van der Waals surface area contributed by atoms with Crippen LogP contribution in [0, 0.1) is 0 Å². The Balaban J connectivity index is 2.66. The van der Waals surface area contributed by atoms with Crippen LogP contribution < -0.4 is 0 Å². The summed E-state index contributed by atoms with van der Waals surface area (Å²) in [5, 5.41) is 36.7. The minimum Gasteiger partial charge on any atom is -0.394 e. The van der Waals surface area contributed by atoms with E-state index in [1.165, 1.54) is 7.11 Å².